The fourth-order valence-electron chi connectivity index (χ4n) is 1.97. The minimum atomic E-state index is -0.283. The Morgan fingerprint density at radius 3 is 2.56 bits per heavy atom. The van der Waals surface area contributed by atoms with Crippen LogP contribution in [-0.4, -0.2) is 4.98 Å². The van der Waals surface area contributed by atoms with Crippen molar-refractivity contribution in [3.05, 3.63) is 45.0 Å². The van der Waals surface area contributed by atoms with Crippen molar-refractivity contribution >= 4 is 10.9 Å². The quantitative estimate of drug-likeness (QED) is 0.786. The van der Waals surface area contributed by atoms with E-state index >= 15 is 0 Å². The molecule has 1 aromatic carbocycles. The number of hydrogen-bond donors (Lipinski definition) is 1. The van der Waals surface area contributed by atoms with Gasteiger partial charge in [-0.1, -0.05) is 6.92 Å². The molecule has 84 valence electrons. The Labute approximate surface area is 93.1 Å². The molecule has 1 heterocycles. The highest BCUT2D eigenvalue weighted by molar-refractivity contribution is 5.82. The number of aromatic nitrogens is 1. The van der Waals surface area contributed by atoms with Gasteiger partial charge in [-0.15, -0.1) is 0 Å². The molecule has 0 fully saturated rings. The molecule has 0 bridgehead atoms. The second-order valence-electron chi connectivity index (χ2n) is 4.01. The second kappa shape index (κ2) is 3.74. The van der Waals surface area contributed by atoms with Crippen LogP contribution >= 0.6 is 0 Å². The number of aryl methyl sites for hydroxylation is 2. The van der Waals surface area contributed by atoms with Gasteiger partial charge in [0.2, 0.25) is 0 Å². The Kier molecular flexibility index (Phi) is 2.54. The van der Waals surface area contributed by atoms with Crippen LogP contribution in [0.4, 0.5) is 4.39 Å². The molecule has 1 aromatic heterocycles. The molecule has 0 saturated heterocycles. The maximum Gasteiger partial charge on any atom is 0.192 e. The number of hydrogen-bond acceptors (Lipinski definition) is 1. The maximum absolute atomic E-state index is 13.4. The van der Waals surface area contributed by atoms with Crippen molar-refractivity contribution in [1.82, 2.24) is 4.98 Å². The van der Waals surface area contributed by atoms with Crippen molar-refractivity contribution in [3.63, 3.8) is 0 Å². The molecule has 0 spiro atoms. The number of aromatic amines is 1. The van der Waals surface area contributed by atoms with E-state index in [4.69, 9.17) is 0 Å². The summed E-state index contributed by atoms with van der Waals surface area (Å²) in [7, 11) is 0. The molecule has 2 aromatic rings. The molecule has 0 aliphatic heterocycles. The first-order valence-electron chi connectivity index (χ1n) is 5.36. The van der Waals surface area contributed by atoms with Crippen molar-refractivity contribution < 1.29 is 4.39 Å². The van der Waals surface area contributed by atoms with Gasteiger partial charge >= 0.3 is 0 Å². The summed E-state index contributed by atoms with van der Waals surface area (Å²) in [4.78, 5) is 15.2. The largest absolute Gasteiger partial charge is 0.358 e. The van der Waals surface area contributed by atoms with Crippen LogP contribution in [-0.2, 0) is 6.42 Å². The van der Waals surface area contributed by atoms with Gasteiger partial charge in [-0.25, -0.2) is 4.39 Å². The van der Waals surface area contributed by atoms with Crippen molar-refractivity contribution in [1.29, 1.82) is 0 Å². The molecular weight excluding hydrogens is 205 g/mol. The standard InChI is InChI=1S/C13H14FNO/c1-4-11-8(3)13(16)9-5-6-10(14)7(2)12(9)15-11/h5-6H,4H2,1-3H3,(H,15,16). The van der Waals surface area contributed by atoms with Crippen LogP contribution in [0.5, 0.6) is 0 Å². The van der Waals surface area contributed by atoms with Gasteiger partial charge in [0.1, 0.15) is 5.82 Å². The lowest BCUT2D eigenvalue weighted by Crippen LogP contribution is -2.12. The summed E-state index contributed by atoms with van der Waals surface area (Å²) in [6, 6.07) is 2.89. The van der Waals surface area contributed by atoms with Crippen molar-refractivity contribution in [2.24, 2.45) is 0 Å². The fourth-order valence-corrected chi connectivity index (χ4v) is 1.97. The fraction of sp³-hybridized carbons (Fsp3) is 0.308. The Morgan fingerprint density at radius 1 is 1.25 bits per heavy atom. The zero-order valence-corrected chi connectivity index (χ0v) is 9.65. The first-order valence-corrected chi connectivity index (χ1v) is 5.36. The molecule has 0 aliphatic carbocycles. The summed E-state index contributed by atoms with van der Waals surface area (Å²) < 4.78 is 13.4. The van der Waals surface area contributed by atoms with E-state index < -0.39 is 0 Å². The van der Waals surface area contributed by atoms with E-state index in [9.17, 15) is 9.18 Å². The van der Waals surface area contributed by atoms with Crippen molar-refractivity contribution in [2.45, 2.75) is 27.2 Å². The lowest BCUT2D eigenvalue weighted by molar-refractivity contribution is 0.620. The lowest BCUT2D eigenvalue weighted by atomic mass is 10.0. The number of rotatable bonds is 1. The molecule has 0 radical (unpaired) electrons. The van der Waals surface area contributed by atoms with Crippen LogP contribution in [0.1, 0.15) is 23.7 Å². The van der Waals surface area contributed by atoms with Gasteiger partial charge in [-0.2, -0.15) is 0 Å². The average molecular weight is 219 g/mol. The molecule has 0 unspecified atom stereocenters. The number of benzene rings is 1. The van der Waals surface area contributed by atoms with Crippen LogP contribution in [0, 0.1) is 19.7 Å². The highest BCUT2D eigenvalue weighted by Gasteiger charge is 2.10. The van der Waals surface area contributed by atoms with E-state index in [0.29, 0.717) is 16.5 Å². The molecule has 16 heavy (non-hydrogen) atoms. The van der Waals surface area contributed by atoms with E-state index in [1.807, 2.05) is 6.92 Å². The smallest absolute Gasteiger partial charge is 0.192 e. The summed E-state index contributed by atoms with van der Waals surface area (Å²) in [5.74, 6) is -0.283. The molecule has 0 saturated carbocycles. The van der Waals surface area contributed by atoms with E-state index in [1.165, 1.54) is 6.07 Å². The summed E-state index contributed by atoms with van der Waals surface area (Å²) in [6.45, 7) is 5.46. The third-order valence-corrected chi connectivity index (χ3v) is 3.07. The molecule has 1 N–H and O–H groups in total. The van der Waals surface area contributed by atoms with Gasteiger partial charge in [0.25, 0.3) is 0 Å². The van der Waals surface area contributed by atoms with Gasteiger partial charge in [0, 0.05) is 22.2 Å². The van der Waals surface area contributed by atoms with Crippen LogP contribution in [0.15, 0.2) is 16.9 Å². The van der Waals surface area contributed by atoms with Crippen LogP contribution in [0.2, 0.25) is 0 Å². The number of H-pyrrole nitrogens is 1. The molecule has 2 nitrogen and oxygen atoms in total. The third kappa shape index (κ3) is 1.43. The summed E-state index contributed by atoms with van der Waals surface area (Å²) in [6.07, 6.45) is 0.743. The van der Waals surface area contributed by atoms with Gasteiger partial charge in [-0.3, -0.25) is 4.79 Å². The molecule has 3 heteroatoms. The first-order chi connectivity index (χ1) is 7.56. The molecule has 0 atom stereocenters. The minimum absolute atomic E-state index is 0.00583. The Bertz CT molecular complexity index is 613. The van der Waals surface area contributed by atoms with Gasteiger partial charge in [0.15, 0.2) is 5.43 Å². The highest BCUT2D eigenvalue weighted by atomic mass is 19.1. The third-order valence-electron chi connectivity index (χ3n) is 3.07. The summed E-state index contributed by atoms with van der Waals surface area (Å²) in [5, 5.41) is 0.564. The molecular formula is C13H14FNO. The SMILES string of the molecule is CCc1[nH]c2c(C)c(F)ccc2c(=O)c1C. The second-order valence-corrected chi connectivity index (χ2v) is 4.01. The van der Waals surface area contributed by atoms with E-state index in [0.717, 1.165) is 17.7 Å². The minimum Gasteiger partial charge on any atom is -0.358 e. The molecule has 2 rings (SSSR count). The van der Waals surface area contributed by atoms with Gasteiger partial charge in [-0.05, 0) is 32.4 Å². The zero-order chi connectivity index (χ0) is 11.9. The van der Waals surface area contributed by atoms with E-state index in [1.54, 1.807) is 19.9 Å². The molecule has 0 aliphatic rings. The normalized spacial score (nSPS) is 11.0. The number of nitrogens with one attached hydrogen (secondary N) is 1. The lowest BCUT2D eigenvalue weighted by Gasteiger charge is -2.08. The van der Waals surface area contributed by atoms with Gasteiger partial charge in [0.05, 0.1) is 5.52 Å². The number of fused-ring (bicyclic) bond motifs is 1. The summed E-state index contributed by atoms with van der Waals surface area (Å²) >= 11 is 0. The zero-order valence-electron chi connectivity index (χ0n) is 9.65. The Balaban J connectivity index is 2.99. The van der Waals surface area contributed by atoms with Crippen molar-refractivity contribution in [3.8, 4) is 0 Å². The van der Waals surface area contributed by atoms with E-state index in [-0.39, 0.29) is 11.2 Å². The van der Waals surface area contributed by atoms with Crippen LogP contribution in [0.3, 0.4) is 0 Å². The average Bonchev–Trinajstić information content (AvgIpc) is 2.28. The molecule has 0 amide bonds. The maximum atomic E-state index is 13.4. The number of halogens is 1. The first kappa shape index (κ1) is 10.9. The van der Waals surface area contributed by atoms with Crippen LogP contribution in [0.25, 0.3) is 10.9 Å². The van der Waals surface area contributed by atoms with Gasteiger partial charge < -0.3 is 4.98 Å². The van der Waals surface area contributed by atoms with Crippen LogP contribution < -0.4 is 5.43 Å². The Morgan fingerprint density at radius 2 is 1.94 bits per heavy atom. The topological polar surface area (TPSA) is 32.9 Å². The van der Waals surface area contributed by atoms with E-state index in [2.05, 4.69) is 4.98 Å². The predicted molar refractivity (Wildman–Crippen MR) is 63.4 cm³/mol. The predicted octanol–water partition coefficient (Wildman–Crippen LogP) is 2.85. The highest BCUT2D eigenvalue weighted by Crippen LogP contribution is 2.18. The monoisotopic (exact) mass is 219 g/mol. The van der Waals surface area contributed by atoms with Crippen molar-refractivity contribution in [2.75, 3.05) is 0 Å². The number of pyridine rings is 1. The summed E-state index contributed by atoms with van der Waals surface area (Å²) in [5.41, 5.74) is 2.72. The Hall–Kier alpha value is -1.64.